The van der Waals surface area contributed by atoms with E-state index in [0.29, 0.717) is 5.52 Å². The van der Waals surface area contributed by atoms with E-state index < -0.39 is 5.97 Å². The number of benzene rings is 2. The molecule has 0 radical (unpaired) electrons. The Morgan fingerprint density at radius 2 is 1.95 bits per heavy atom. The van der Waals surface area contributed by atoms with Crippen LogP contribution in [0.3, 0.4) is 0 Å². The van der Waals surface area contributed by atoms with Crippen LogP contribution in [0.25, 0.3) is 11.0 Å². The van der Waals surface area contributed by atoms with Crippen LogP contribution in [0.2, 0.25) is 0 Å². The first kappa shape index (κ1) is 13.3. The maximum atomic E-state index is 13.0. The van der Waals surface area contributed by atoms with Crippen molar-refractivity contribution in [2.24, 2.45) is 0 Å². The van der Waals surface area contributed by atoms with E-state index in [-0.39, 0.29) is 17.4 Å². The van der Waals surface area contributed by atoms with Crippen molar-refractivity contribution in [1.29, 1.82) is 0 Å². The highest BCUT2D eigenvalue weighted by Crippen LogP contribution is 2.24. The van der Waals surface area contributed by atoms with Crippen molar-refractivity contribution < 1.29 is 14.3 Å². The van der Waals surface area contributed by atoms with Crippen LogP contribution in [-0.2, 0) is 0 Å². The van der Waals surface area contributed by atoms with Gasteiger partial charge in [0.15, 0.2) is 0 Å². The minimum atomic E-state index is -0.974. The molecule has 1 heterocycles. The van der Waals surface area contributed by atoms with Gasteiger partial charge in [0, 0.05) is 0 Å². The van der Waals surface area contributed by atoms with Gasteiger partial charge >= 0.3 is 5.97 Å². The first-order chi connectivity index (χ1) is 10.1. The molecule has 0 bridgehead atoms. The summed E-state index contributed by atoms with van der Waals surface area (Å²) in [6.45, 7) is 1.99. The number of nitrogens with zero attached hydrogens (tertiary/aromatic N) is 2. The lowest BCUT2D eigenvalue weighted by molar-refractivity contribution is 0.0697. The molecule has 4 nitrogen and oxygen atoms in total. The minimum absolute atomic E-state index is 0.0220. The zero-order valence-corrected chi connectivity index (χ0v) is 11.3. The second-order valence-corrected chi connectivity index (χ2v) is 4.89. The molecule has 1 unspecified atom stereocenters. The van der Waals surface area contributed by atoms with E-state index in [1.54, 1.807) is 36.7 Å². The molecule has 0 saturated carbocycles. The summed E-state index contributed by atoms with van der Waals surface area (Å²) in [5, 5.41) is 8.99. The summed E-state index contributed by atoms with van der Waals surface area (Å²) in [4.78, 5) is 15.2. The molecule has 3 rings (SSSR count). The topological polar surface area (TPSA) is 55.1 Å². The normalized spacial score (nSPS) is 12.5. The number of carbonyl (C=O) groups is 1. The van der Waals surface area contributed by atoms with Crippen LogP contribution in [0.4, 0.5) is 4.39 Å². The second kappa shape index (κ2) is 5.01. The van der Waals surface area contributed by atoms with Crippen molar-refractivity contribution in [2.45, 2.75) is 13.0 Å². The summed E-state index contributed by atoms with van der Waals surface area (Å²) in [7, 11) is 0. The van der Waals surface area contributed by atoms with Crippen molar-refractivity contribution in [3.8, 4) is 0 Å². The van der Waals surface area contributed by atoms with Crippen molar-refractivity contribution in [3.05, 3.63) is 65.7 Å². The highest BCUT2D eigenvalue weighted by Gasteiger charge is 2.13. The zero-order valence-electron chi connectivity index (χ0n) is 11.3. The van der Waals surface area contributed by atoms with Gasteiger partial charge in [0.2, 0.25) is 0 Å². The summed E-state index contributed by atoms with van der Waals surface area (Å²) in [5.74, 6) is -1.24. The molecule has 0 aliphatic rings. The van der Waals surface area contributed by atoms with Crippen molar-refractivity contribution in [1.82, 2.24) is 9.55 Å². The number of rotatable bonds is 3. The largest absolute Gasteiger partial charge is 0.478 e. The molecule has 3 aromatic rings. The van der Waals surface area contributed by atoms with Gasteiger partial charge in [-0.3, -0.25) is 0 Å². The number of carboxylic acids is 1. The number of carboxylic acid groups (broad SMARTS) is 1. The molecular formula is C16H13FN2O2. The van der Waals surface area contributed by atoms with E-state index in [0.717, 1.165) is 11.1 Å². The average Bonchev–Trinajstić information content (AvgIpc) is 2.90. The summed E-state index contributed by atoms with van der Waals surface area (Å²) >= 11 is 0. The fourth-order valence-electron chi connectivity index (χ4n) is 2.38. The summed E-state index contributed by atoms with van der Waals surface area (Å²) in [5.41, 5.74) is 2.64. The van der Waals surface area contributed by atoms with E-state index in [1.165, 1.54) is 12.1 Å². The molecule has 0 aliphatic carbocycles. The minimum Gasteiger partial charge on any atom is -0.478 e. The Labute approximate surface area is 120 Å². The van der Waals surface area contributed by atoms with Crippen molar-refractivity contribution >= 4 is 17.0 Å². The van der Waals surface area contributed by atoms with Gasteiger partial charge in [0.25, 0.3) is 0 Å². The van der Waals surface area contributed by atoms with Gasteiger partial charge in [-0.05, 0) is 42.8 Å². The Morgan fingerprint density at radius 1 is 1.24 bits per heavy atom. The molecule has 0 saturated heterocycles. The molecule has 0 spiro atoms. The predicted molar refractivity (Wildman–Crippen MR) is 76.9 cm³/mol. The van der Waals surface area contributed by atoms with Crippen LogP contribution in [0.15, 0.2) is 48.8 Å². The smallest absolute Gasteiger partial charge is 0.335 e. The number of aromatic carboxylic acids is 1. The second-order valence-electron chi connectivity index (χ2n) is 4.89. The van der Waals surface area contributed by atoms with Crippen LogP contribution >= 0.6 is 0 Å². The number of halogens is 1. The third-order valence-corrected chi connectivity index (χ3v) is 3.59. The fourth-order valence-corrected chi connectivity index (χ4v) is 2.38. The van der Waals surface area contributed by atoms with Gasteiger partial charge in [-0.15, -0.1) is 0 Å². The van der Waals surface area contributed by atoms with Gasteiger partial charge in [0.1, 0.15) is 5.82 Å². The molecule has 0 aliphatic heterocycles. The third-order valence-electron chi connectivity index (χ3n) is 3.59. The average molecular weight is 284 g/mol. The Morgan fingerprint density at radius 3 is 2.62 bits per heavy atom. The number of fused-ring (bicyclic) bond motifs is 1. The lowest BCUT2D eigenvalue weighted by atomic mass is 10.1. The molecule has 106 valence electrons. The molecule has 2 aromatic carbocycles. The van der Waals surface area contributed by atoms with Crippen molar-refractivity contribution in [2.75, 3.05) is 0 Å². The fraction of sp³-hybridized carbons (Fsp3) is 0.125. The van der Waals surface area contributed by atoms with Gasteiger partial charge < -0.3 is 9.67 Å². The first-order valence-electron chi connectivity index (χ1n) is 6.51. The molecule has 1 N–H and O–H groups in total. The Balaban J connectivity index is 2.04. The van der Waals surface area contributed by atoms with Crippen LogP contribution < -0.4 is 0 Å². The Bertz CT molecular complexity index is 809. The summed E-state index contributed by atoms with van der Waals surface area (Å²) < 4.78 is 14.9. The van der Waals surface area contributed by atoms with Crippen LogP contribution in [0.1, 0.15) is 28.9 Å². The van der Waals surface area contributed by atoms with Gasteiger partial charge in [-0.25, -0.2) is 14.2 Å². The maximum absolute atomic E-state index is 13.0. The van der Waals surface area contributed by atoms with E-state index in [9.17, 15) is 9.18 Å². The standard InChI is InChI=1S/C16H13FN2O2/c1-10(11-2-5-13(17)6-3-11)19-9-18-14-8-12(16(20)21)4-7-15(14)19/h2-10H,1H3,(H,20,21). The molecular weight excluding hydrogens is 271 g/mol. The van der Waals surface area contributed by atoms with E-state index in [1.807, 2.05) is 11.5 Å². The monoisotopic (exact) mass is 284 g/mol. The summed E-state index contributed by atoms with van der Waals surface area (Å²) in [6.07, 6.45) is 1.67. The molecule has 21 heavy (non-hydrogen) atoms. The zero-order chi connectivity index (χ0) is 15.0. The number of aromatic nitrogens is 2. The van der Waals surface area contributed by atoms with Gasteiger partial charge in [-0.1, -0.05) is 12.1 Å². The molecule has 1 aromatic heterocycles. The Kier molecular flexibility index (Phi) is 3.17. The lowest BCUT2D eigenvalue weighted by Gasteiger charge is -2.15. The van der Waals surface area contributed by atoms with E-state index in [4.69, 9.17) is 5.11 Å². The maximum Gasteiger partial charge on any atom is 0.335 e. The molecule has 0 fully saturated rings. The molecule has 0 amide bonds. The summed E-state index contributed by atoms with van der Waals surface area (Å²) in [6, 6.07) is 11.1. The van der Waals surface area contributed by atoms with Gasteiger partial charge in [0.05, 0.1) is 29.0 Å². The van der Waals surface area contributed by atoms with E-state index >= 15 is 0 Å². The van der Waals surface area contributed by atoms with Gasteiger partial charge in [-0.2, -0.15) is 0 Å². The number of imidazole rings is 1. The number of hydrogen-bond acceptors (Lipinski definition) is 2. The van der Waals surface area contributed by atoms with E-state index in [2.05, 4.69) is 4.98 Å². The quantitative estimate of drug-likeness (QED) is 0.801. The van der Waals surface area contributed by atoms with Crippen LogP contribution in [0.5, 0.6) is 0 Å². The van der Waals surface area contributed by atoms with Crippen molar-refractivity contribution in [3.63, 3.8) is 0 Å². The van der Waals surface area contributed by atoms with Crippen LogP contribution in [0, 0.1) is 5.82 Å². The van der Waals surface area contributed by atoms with Crippen LogP contribution in [-0.4, -0.2) is 20.6 Å². The lowest BCUT2D eigenvalue weighted by Crippen LogP contribution is -2.05. The molecule has 1 atom stereocenters. The third kappa shape index (κ3) is 2.38. The Hall–Kier alpha value is -2.69. The highest BCUT2D eigenvalue weighted by molar-refractivity contribution is 5.92. The first-order valence-corrected chi connectivity index (χ1v) is 6.51. The molecule has 5 heteroatoms. The number of hydrogen-bond donors (Lipinski definition) is 1. The SMILES string of the molecule is CC(c1ccc(F)cc1)n1cnc2cc(C(=O)O)ccc21. The predicted octanol–water partition coefficient (Wildman–Crippen LogP) is 3.48. The highest BCUT2D eigenvalue weighted by atomic mass is 19.1.